The van der Waals surface area contributed by atoms with E-state index >= 15 is 0 Å². The molecule has 0 saturated heterocycles. The molecule has 0 aliphatic rings. The van der Waals surface area contributed by atoms with Crippen molar-refractivity contribution in [2.45, 2.75) is 0 Å². The van der Waals surface area contributed by atoms with Gasteiger partial charge >= 0.3 is 5.97 Å². The van der Waals surface area contributed by atoms with Crippen LogP contribution in [0.5, 0.6) is 0 Å². The lowest BCUT2D eigenvalue weighted by Gasteiger charge is -2.08. The number of methoxy groups -OCH3 is 2. The Balaban J connectivity index is 3.36. The Bertz CT molecular complexity index is 503. The molecule has 1 aromatic carbocycles. The molecule has 88 valence electrons. The first-order valence-corrected chi connectivity index (χ1v) is 5.04. The zero-order chi connectivity index (χ0) is 12.8. The maximum absolute atomic E-state index is 11.4. The van der Waals surface area contributed by atoms with Crippen LogP contribution in [0.25, 0.3) is 5.76 Å². The summed E-state index contributed by atoms with van der Waals surface area (Å²) in [5.74, 6) is -0.605. The van der Waals surface area contributed by atoms with Gasteiger partial charge < -0.3 is 9.47 Å². The molecular weight excluding hydrogens is 242 g/mol. The molecule has 0 spiro atoms. The highest BCUT2D eigenvalue weighted by atomic mass is 35.5. The van der Waals surface area contributed by atoms with Crippen LogP contribution in [0, 0.1) is 11.3 Å². The van der Waals surface area contributed by atoms with Gasteiger partial charge in [-0.15, -0.1) is 0 Å². The summed E-state index contributed by atoms with van der Waals surface area (Å²) in [5, 5.41) is 9.42. The van der Waals surface area contributed by atoms with Crippen molar-refractivity contribution < 1.29 is 14.3 Å². The van der Waals surface area contributed by atoms with Gasteiger partial charge in [-0.2, -0.15) is 5.26 Å². The third-order valence-corrected chi connectivity index (χ3v) is 2.25. The van der Waals surface area contributed by atoms with E-state index in [9.17, 15) is 4.79 Å². The third kappa shape index (κ3) is 2.99. The van der Waals surface area contributed by atoms with Crippen molar-refractivity contribution in [2.24, 2.45) is 0 Å². The summed E-state index contributed by atoms with van der Waals surface area (Å²) < 4.78 is 9.57. The number of hydrogen-bond donors (Lipinski definition) is 0. The number of esters is 1. The number of rotatable bonds is 3. The number of nitrogens with zero attached hydrogens (tertiary/aromatic N) is 1. The smallest absolute Gasteiger partial charge is 0.352 e. The van der Waals surface area contributed by atoms with Crippen LogP contribution < -0.4 is 0 Å². The van der Waals surface area contributed by atoms with Gasteiger partial charge in [0.25, 0.3) is 0 Å². The summed E-state index contributed by atoms with van der Waals surface area (Å²) in [7, 11) is 2.57. The average molecular weight is 252 g/mol. The van der Waals surface area contributed by atoms with E-state index in [-0.39, 0.29) is 11.3 Å². The van der Waals surface area contributed by atoms with Gasteiger partial charge in [0, 0.05) is 10.6 Å². The molecule has 0 unspecified atom stereocenters. The molecule has 0 saturated carbocycles. The van der Waals surface area contributed by atoms with Crippen LogP contribution in [0.15, 0.2) is 29.8 Å². The Morgan fingerprint density at radius 1 is 1.35 bits per heavy atom. The first-order valence-electron chi connectivity index (χ1n) is 4.66. The van der Waals surface area contributed by atoms with Crippen LogP contribution in [0.3, 0.4) is 0 Å². The number of ether oxygens (including phenoxy) is 2. The summed E-state index contributed by atoms with van der Waals surface area (Å²) in [6.45, 7) is 0. The van der Waals surface area contributed by atoms with E-state index in [0.717, 1.165) is 0 Å². The van der Waals surface area contributed by atoms with Crippen molar-refractivity contribution in [3.63, 3.8) is 0 Å². The monoisotopic (exact) mass is 251 g/mol. The van der Waals surface area contributed by atoms with E-state index in [1.54, 1.807) is 30.3 Å². The Morgan fingerprint density at radius 3 is 2.53 bits per heavy atom. The minimum absolute atomic E-state index is 0.141. The summed E-state index contributed by atoms with van der Waals surface area (Å²) in [6.07, 6.45) is 0. The molecule has 4 nitrogen and oxygen atoms in total. The number of benzene rings is 1. The maximum atomic E-state index is 11.4. The molecule has 0 atom stereocenters. The van der Waals surface area contributed by atoms with E-state index in [1.165, 1.54) is 14.2 Å². The van der Waals surface area contributed by atoms with E-state index in [2.05, 4.69) is 4.74 Å². The van der Waals surface area contributed by atoms with Crippen LogP contribution in [-0.4, -0.2) is 20.2 Å². The lowest BCUT2D eigenvalue weighted by atomic mass is 10.1. The minimum Gasteiger partial charge on any atom is -0.494 e. The fraction of sp³-hybridized carbons (Fsp3) is 0.167. The van der Waals surface area contributed by atoms with Gasteiger partial charge in [0.1, 0.15) is 6.07 Å². The second-order valence-corrected chi connectivity index (χ2v) is 3.46. The fourth-order valence-corrected chi connectivity index (χ4v) is 1.48. The van der Waals surface area contributed by atoms with Crippen molar-refractivity contribution in [3.8, 4) is 6.07 Å². The maximum Gasteiger partial charge on any atom is 0.352 e. The normalized spacial score (nSPS) is 11.2. The average Bonchev–Trinajstić information content (AvgIpc) is 2.34. The Hall–Kier alpha value is -1.99. The van der Waals surface area contributed by atoms with Crippen molar-refractivity contribution in [1.29, 1.82) is 5.26 Å². The van der Waals surface area contributed by atoms with Crippen molar-refractivity contribution in [1.82, 2.24) is 0 Å². The third-order valence-electron chi connectivity index (χ3n) is 2.02. The Labute approximate surface area is 104 Å². The first-order chi connectivity index (χ1) is 8.13. The lowest BCUT2D eigenvalue weighted by Crippen LogP contribution is -2.07. The van der Waals surface area contributed by atoms with Crippen LogP contribution in [0.1, 0.15) is 5.56 Å². The molecule has 0 aromatic heterocycles. The molecule has 0 fully saturated rings. The van der Waals surface area contributed by atoms with Gasteiger partial charge in [0.05, 0.1) is 14.2 Å². The van der Waals surface area contributed by atoms with Gasteiger partial charge in [-0.05, 0) is 12.1 Å². The van der Waals surface area contributed by atoms with Crippen LogP contribution in [0.2, 0.25) is 5.02 Å². The van der Waals surface area contributed by atoms with Gasteiger partial charge in [0.15, 0.2) is 11.3 Å². The quantitative estimate of drug-likeness (QED) is 0.358. The lowest BCUT2D eigenvalue weighted by molar-refractivity contribution is -0.135. The molecule has 0 bridgehead atoms. The van der Waals surface area contributed by atoms with Gasteiger partial charge in [0.2, 0.25) is 0 Å². The number of carbonyl (C=O) groups is 1. The molecule has 1 aromatic rings. The van der Waals surface area contributed by atoms with E-state index in [1.807, 2.05) is 0 Å². The molecule has 5 heteroatoms. The van der Waals surface area contributed by atoms with E-state index < -0.39 is 5.97 Å². The Morgan fingerprint density at radius 2 is 2.06 bits per heavy atom. The molecular formula is C12H10ClNO3. The second-order valence-electron chi connectivity index (χ2n) is 3.02. The highest BCUT2D eigenvalue weighted by molar-refractivity contribution is 6.30. The summed E-state index contributed by atoms with van der Waals surface area (Å²) in [4.78, 5) is 11.4. The van der Waals surface area contributed by atoms with Gasteiger partial charge in [-0.25, -0.2) is 4.79 Å². The van der Waals surface area contributed by atoms with Gasteiger partial charge in [-0.1, -0.05) is 23.7 Å². The zero-order valence-corrected chi connectivity index (χ0v) is 10.1. The molecule has 17 heavy (non-hydrogen) atoms. The highest BCUT2D eigenvalue weighted by Crippen LogP contribution is 2.22. The molecule has 0 radical (unpaired) electrons. The minimum atomic E-state index is -0.746. The molecule has 0 heterocycles. The summed E-state index contributed by atoms with van der Waals surface area (Å²) in [6, 6.07) is 8.42. The summed E-state index contributed by atoms with van der Waals surface area (Å²) in [5.41, 5.74) is 0.346. The van der Waals surface area contributed by atoms with Crippen molar-refractivity contribution in [2.75, 3.05) is 14.2 Å². The summed E-state index contributed by atoms with van der Waals surface area (Å²) >= 11 is 5.83. The predicted octanol–water partition coefficient (Wildman–Crippen LogP) is 2.39. The first kappa shape index (κ1) is 13.1. The number of halogens is 1. The highest BCUT2D eigenvalue weighted by Gasteiger charge is 2.18. The second kappa shape index (κ2) is 5.92. The topological polar surface area (TPSA) is 59.3 Å². The number of hydrogen-bond acceptors (Lipinski definition) is 4. The molecule has 0 aliphatic carbocycles. The Kier molecular flexibility index (Phi) is 4.56. The number of carbonyl (C=O) groups excluding carboxylic acids is 1. The molecule has 0 N–H and O–H groups in total. The SMILES string of the molecule is COC(=O)/C(C#N)=C(/OC)c1cccc(Cl)c1. The zero-order valence-electron chi connectivity index (χ0n) is 9.36. The largest absolute Gasteiger partial charge is 0.494 e. The van der Waals surface area contributed by atoms with Gasteiger partial charge in [-0.3, -0.25) is 0 Å². The fourth-order valence-electron chi connectivity index (χ4n) is 1.29. The van der Waals surface area contributed by atoms with E-state index in [0.29, 0.717) is 10.6 Å². The molecule has 1 rings (SSSR count). The van der Waals surface area contributed by atoms with Crippen LogP contribution in [-0.2, 0) is 14.3 Å². The van der Waals surface area contributed by atoms with Crippen molar-refractivity contribution >= 4 is 23.3 Å². The molecule has 0 amide bonds. The predicted molar refractivity (Wildman–Crippen MR) is 63.0 cm³/mol. The van der Waals surface area contributed by atoms with Crippen LogP contribution >= 0.6 is 11.6 Å². The standard InChI is InChI=1S/C12H10ClNO3/c1-16-11(10(7-14)12(15)17-2)8-4-3-5-9(13)6-8/h3-6H,1-2H3/b11-10+. The van der Waals surface area contributed by atoms with E-state index in [4.69, 9.17) is 21.6 Å². The van der Waals surface area contributed by atoms with Crippen LogP contribution in [0.4, 0.5) is 0 Å². The molecule has 0 aliphatic heterocycles. The van der Waals surface area contributed by atoms with Crippen molar-refractivity contribution in [3.05, 3.63) is 40.4 Å². The number of nitriles is 1.